The first-order valence-electron chi connectivity index (χ1n) is 6.49. The summed E-state index contributed by atoms with van der Waals surface area (Å²) in [6, 6.07) is 10.4. The molecule has 3 N–H and O–H groups in total. The molecule has 1 heterocycles. The molecule has 0 fully saturated rings. The van der Waals surface area contributed by atoms with Crippen molar-refractivity contribution in [1.82, 2.24) is 10.3 Å². The van der Waals surface area contributed by atoms with E-state index in [9.17, 15) is 9.59 Å². The van der Waals surface area contributed by atoms with Crippen molar-refractivity contribution in [1.29, 1.82) is 0 Å². The van der Waals surface area contributed by atoms with Crippen LogP contribution in [-0.2, 0) is 6.54 Å². The number of carbonyl (C=O) groups excluding carboxylic acids is 1. The van der Waals surface area contributed by atoms with Gasteiger partial charge in [-0.3, -0.25) is 9.59 Å². The monoisotopic (exact) mass is 271 g/mol. The zero-order valence-electron chi connectivity index (χ0n) is 11.3. The zero-order valence-corrected chi connectivity index (χ0v) is 11.3. The summed E-state index contributed by atoms with van der Waals surface area (Å²) in [6.45, 7) is 3.77. The van der Waals surface area contributed by atoms with Crippen LogP contribution in [0.2, 0.25) is 0 Å². The number of aromatic nitrogens is 1. The van der Waals surface area contributed by atoms with Gasteiger partial charge in [0, 0.05) is 30.1 Å². The third kappa shape index (κ3) is 3.80. The van der Waals surface area contributed by atoms with Crippen LogP contribution in [0, 0.1) is 0 Å². The fourth-order valence-corrected chi connectivity index (χ4v) is 1.76. The van der Waals surface area contributed by atoms with Crippen LogP contribution >= 0.6 is 0 Å². The van der Waals surface area contributed by atoms with E-state index in [0.29, 0.717) is 11.3 Å². The molecule has 2 aromatic rings. The van der Waals surface area contributed by atoms with Gasteiger partial charge in [-0.05, 0) is 30.3 Å². The molecule has 5 heteroatoms. The lowest BCUT2D eigenvalue weighted by Gasteiger charge is -2.07. The first kappa shape index (κ1) is 14.0. The topological polar surface area (TPSA) is 74.0 Å². The first-order valence-corrected chi connectivity index (χ1v) is 6.49. The molecule has 2 rings (SSSR count). The lowest BCUT2D eigenvalue weighted by molar-refractivity contribution is 0.102. The van der Waals surface area contributed by atoms with Gasteiger partial charge in [-0.25, -0.2) is 0 Å². The van der Waals surface area contributed by atoms with E-state index in [4.69, 9.17) is 0 Å². The molecule has 0 spiro atoms. The molecule has 0 aliphatic heterocycles. The number of amides is 1. The highest BCUT2D eigenvalue weighted by atomic mass is 16.2. The SMILES string of the molecule is CCNCc1ccc(NC(=O)c2cc[nH]c(=O)c2)cc1. The predicted molar refractivity (Wildman–Crippen MR) is 78.8 cm³/mol. The number of hydrogen-bond acceptors (Lipinski definition) is 3. The van der Waals surface area contributed by atoms with E-state index in [2.05, 4.69) is 22.5 Å². The lowest BCUT2D eigenvalue weighted by atomic mass is 10.2. The van der Waals surface area contributed by atoms with Crippen LogP contribution in [0.3, 0.4) is 0 Å². The van der Waals surface area contributed by atoms with Gasteiger partial charge in [0.05, 0.1) is 0 Å². The maximum absolute atomic E-state index is 11.9. The van der Waals surface area contributed by atoms with Crippen LogP contribution in [0.15, 0.2) is 47.4 Å². The molecule has 0 unspecified atom stereocenters. The molecule has 104 valence electrons. The molecule has 1 aromatic carbocycles. The van der Waals surface area contributed by atoms with Crippen LogP contribution < -0.4 is 16.2 Å². The second-order valence-electron chi connectivity index (χ2n) is 4.37. The Hall–Kier alpha value is -2.40. The molecular formula is C15H17N3O2. The average Bonchev–Trinajstić information content (AvgIpc) is 2.46. The van der Waals surface area contributed by atoms with Crippen LogP contribution in [-0.4, -0.2) is 17.4 Å². The van der Waals surface area contributed by atoms with Gasteiger partial charge in [0.1, 0.15) is 0 Å². The van der Waals surface area contributed by atoms with Crippen molar-refractivity contribution in [2.75, 3.05) is 11.9 Å². The van der Waals surface area contributed by atoms with Crippen molar-refractivity contribution in [3.05, 3.63) is 64.1 Å². The standard InChI is InChI=1S/C15H17N3O2/c1-2-16-10-11-3-5-13(6-4-11)18-15(20)12-7-8-17-14(19)9-12/h3-9,16H,2,10H2,1H3,(H,17,19)(H,18,20). The molecule has 20 heavy (non-hydrogen) atoms. The summed E-state index contributed by atoms with van der Waals surface area (Å²) in [5.74, 6) is -0.296. The smallest absolute Gasteiger partial charge is 0.255 e. The minimum absolute atomic E-state index is 0.293. The predicted octanol–water partition coefficient (Wildman–Crippen LogP) is 1.74. The third-order valence-corrected chi connectivity index (χ3v) is 2.83. The molecule has 0 aliphatic rings. The fraction of sp³-hybridized carbons (Fsp3) is 0.200. The maximum Gasteiger partial charge on any atom is 0.255 e. The zero-order chi connectivity index (χ0) is 14.4. The van der Waals surface area contributed by atoms with Crippen LogP contribution in [0.5, 0.6) is 0 Å². The molecule has 0 saturated carbocycles. The van der Waals surface area contributed by atoms with Crippen LogP contribution in [0.1, 0.15) is 22.8 Å². The van der Waals surface area contributed by atoms with Gasteiger partial charge in [0.2, 0.25) is 5.56 Å². The maximum atomic E-state index is 11.9. The van der Waals surface area contributed by atoms with E-state index in [0.717, 1.165) is 18.7 Å². The Balaban J connectivity index is 2.02. The molecule has 0 radical (unpaired) electrons. The number of pyridine rings is 1. The Bertz CT molecular complexity index is 632. The second kappa shape index (κ2) is 6.68. The van der Waals surface area contributed by atoms with Crippen molar-refractivity contribution in [2.45, 2.75) is 13.5 Å². The molecule has 0 bridgehead atoms. The lowest BCUT2D eigenvalue weighted by Crippen LogP contribution is -2.15. The number of H-pyrrole nitrogens is 1. The molecular weight excluding hydrogens is 254 g/mol. The molecule has 1 aromatic heterocycles. The number of nitrogens with one attached hydrogen (secondary N) is 3. The molecule has 0 saturated heterocycles. The van der Waals surface area contributed by atoms with Crippen molar-refractivity contribution in [3.63, 3.8) is 0 Å². The van der Waals surface area contributed by atoms with Crippen molar-refractivity contribution in [3.8, 4) is 0 Å². The Labute approximate surface area is 117 Å². The average molecular weight is 271 g/mol. The van der Waals surface area contributed by atoms with Gasteiger partial charge < -0.3 is 15.6 Å². The minimum atomic E-state index is -0.296. The number of anilines is 1. The van der Waals surface area contributed by atoms with Gasteiger partial charge in [-0.2, -0.15) is 0 Å². The van der Waals surface area contributed by atoms with Gasteiger partial charge in [0.25, 0.3) is 5.91 Å². The highest BCUT2D eigenvalue weighted by molar-refractivity contribution is 6.04. The molecule has 0 aliphatic carbocycles. The van der Waals surface area contributed by atoms with Gasteiger partial charge in [-0.15, -0.1) is 0 Å². The summed E-state index contributed by atoms with van der Waals surface area (Å²) in [5.41, 5.74) is 1.90. The van der Waals surface area contributed by atoms with Crippen molar-refractivity contribution < 1.29 is 4.79 Å². The summed E-state index contributed by atoms with van der Waals surface area (Å²) in [4.78, 5) is 25.6. The van der Waals surface area contributed by atoms with E-state index in [-0.39, 0.29) is 11.5 Å². The number of benzene rings is 1. The van der Waals surface area contributed by atoms with E-state index in [1.54, 1.807) is 6.07 Å². The number of aromatic amines is 1. The summed E-state index contributed by atoms with van der Waals surface area (Å²) in [5, 5.41) is 5.99. The van der Waals surface area contributed by atoms with Gasteiger partial charge in [-0.1, -0.05) is 19.1 Å². The Morgan fingerprint density at radius 3 is 2.60 bits per heavy atom. The Morgan fingerprint density at radius 1 is 1.20 bits per heavy atom. The van der Waals surface area contributed by atoms with Gasteiger partial charge >= 0.3 is 0 Å². The van der Waals surface area contributed by atoms with Crippen molar-refractivity contribution in [2.24, 2.45) is 0 Å². The first-order chi connectivity index (χ1) is 9.69. The van der Waals surface area contributed by atoms with E-state index in [1.165, 1.54) is 12.3 Å². The van der Waals surface area contributed by atoms with E-state index < -0.39 is 0 Å². The van der Waals surface area contributed by atoms with E-state index in [1.807, 2.05) is 24.3 Å². The highest BCUT2D eigenvalue weighted by Crippen LogP contribution is 2.10. The molecule has 1 amide bonds. The molecule has 0 atom stereocenters. The highest BCUT2D eigenvalue weighted by Gasteiger charge is 2.06. The third-order valence-electron chi connectivity index (χ3n) is 2.83. The van der Waals surface area contributed by atoms with Crippen LogP contribution in [0.25, 0.3) is 0 Å². The summed E-state index contributed by atoms with van der Waals surface area (Å²) < 4.78 is 0. The summed E-state index contributed by atoms with van der Waals surface area (Å²) in [6.07, 6.45) is 1.46. The fourth-order valence-electron chi connectivity index (χ4n) is 1.76. The largest absolute Gasteiger partial charge is 0.329 e. The molecule has 5 nitrogen and oxygen atoms in total. The second-order valence-corrected chi connectivity index (χ2v) is 4.37. The summed E-state index contributed by atoms with van der Waals surface area (Å²) in [7, 11) is 0. The minimum Gasteiger partial charge on any atom is -0.329 e. The Morgan fingerprint density at radius 2 is 1.95 bits per heavy atom. The number of rotatable bonds is 5. The quantitative estimate of drug-likeness (QED) is 0.775. The Kier molecular flexibility index (Phi) is 4.68. The normalized spacial score (nSPS) is 10.2. The van der Waals surface area contributed by atoms with Crippen LogP contribution in [0.4, 0.5) is 5.69 Å². The van der Waals surface area contributed by atoms with Gasteiger partial charge in [0.15, 0.2) is 0 Å². The summed E-state index contributed by atoms with van der Waals surface area (Å²) >= 11 is 0. The number of carbonyl (C=O) groups is 1. The number of hydrogen-bond donors (Lipinski definition) is 3. The van der Waals surface area contributed by atoms with Crippen molar-refractivity contribution >= 4 is 11.6 Å². The van der Waals surface area contributed by atoms with E-state index >= 15 is 0 Å².